The molecule has 1 saturated heterocycles. The molecule has 6 atom stereocenters. The van der Waals surface area contributed by atoms with Gasteiger partial charge in [0, 0.05) is 11.3 Å². The number of amides is 3. The van der Waals surface area contributed by atoms with Crippen LogP contribution in [0.5, 0.6) is 0 Å². The number of rotatable bonds is 5. The van der Waals surface area contributed by atoms with E-state index in [1.54, 1.807) is 55.5 Å². The average molecular weight is 456 g/mol. The first-order valence-electron chi connectivity index (χ1n) is 11.7. The Hall–Kier alpha value is -3.74. The van der Waals surface area contributed by atoms with Crippen molar-refractivity contribution in [2.24, 2.45) is 35.5 Å². The quantitative estimate of drug-likeness (QED) is 0.421. The monoisotopic (exact) mass is 456 g/mol. The number of carbonyl (C=O) groups is 4. The topological polar surface area (TPSA) is 92.8 Å². The highest BCUT2D eigenvalue weighted by molar-refractivity contribution is 6.22. The molecule has 2 aromatic rings. The van der Waals surface area contributed by atoms with Crippen molar-refractivity contribution < 1.29 is 23.9 Å². The maximum Gasteiger partial charge on any atom is 0.338 e. The SMILES string of the molecule is CCOC(=O)c1ccc(NC(=O)c2ccc(N3C(=O)[C@@H]4[C@@H]5C=C[C@H]([C@H]6C[C@H]56)[C@@H]4C3=O)cc2)cc1. The van der Waals surface area contributed by atoms with Crippen LogP contribution in [-0.4, -0.2) is 30.3 Å². The molecule has 2 saturated carbocycles. The first kappa shape index (κ1) is 20.8. The Balaban J connectivity index is 1.16. The minimum atomic E-state index is -0.414. The molecule has 7 heteroatoms. The van der Waals surface area contributed by atoms with Gasteiger partial charge in [-0.1, -0.05) is 12.2 Å². The van der Waals surface area contributed by atoms with Gasteiger partial charge >= 0.3 is 5.97 Å². The molecule has 0 unspecified atom stereocenters. The molecule has 7 nitrogen and oxygen atoms in total. The molecule has 1 N–H and O–H groups in total. The van der Waals surface area contributed by atoms with E-state index in [0.29, 0.717) is 40.9 Å². The number of hydrogen-bond donors (Lipinski definition) is 1. The van der Waals surface area contributed by atoms with Gasteiger partial charge in [-0.05, 0) is 85.5 Å². The smallest absolute Gasteiger partial charge is 0.338 e. The fourth-order valence-electron chi connectivity index (χ4n) is 6.08. The summed E-state index contributed by atoms with van der Waals surface area (Å²) in [6.07, 6.45) is 5.44. The molecule has 3 fully saturated rings. The maximum atomic E-state index is 13.2. The van der Waals surface area contributed by atoms with Gasteiger partial charge in [0.25, 0.3) is 5.91 Å². The molecule has 1 heterocycles. The van der Waals surface area contributed by atoms with Gasteiger partial charge in [0.1, 0.15) is 0 Å². The van der Waals surface area contributed by atoms with Gasteiger partial charge in [-0.2, -0.15) is 0 Å². The zero-order chi connectivity index (χ0) is 23.6. The van der Waals surface area contributed by atoms with E-state index in [4.69, 9.17) is 4.74 Å². The molecule has 7 rings (SSSR count). The van der Waals surface area contributed by atoms with Crippen LogP contribution in [0.4, 0.5) is 11.4 Å². The second kappa shape index (κ2) is 7.65. The number of nitrogens with zero attached hydrogens (tertiary/aromatic N) is 1. The fraction of sp³-hybridized carbons (Fsp3) is 0.333. The van der Waals surface area contributed by atoms with Crippen molar-refractivity contribution >= 4 is 35.1 Å². The molecular formula is C27H24N2O5. The molecule has 172 valence electrons. The van der Waals surface area contributed by atoms with Gasteiger partial charge < -0.3 is 10.1 Å². The van der Waals surface area contributed by atoms with Gasteiger partial charge in [-0.3, -0.25) is 19.3 Å². The van der Waals surface area contributed by atoms with Crippen molar-refractivity contribution in [3.05, 3.63) is 71.8 Å². The first-order valence-corrected chi connectivity index (χ1v) is 11.7. The lowest BCUT2D eigenvalue weighted by Crippen LogP contribution is -2.40. The molecular weight excluding hydrogens is 432 g/mol. The second-order valence-corrected chi connectivity index (χ2v) is 9.47. The Morgan fingerprint density at radius 2 is 1.44 bits per heavy atom. The van der Waals surface area contributed by atoms with E-state index >= 15 is 0 Å². The molecule has 0 radical (unpaired) electrons. The third-order valence-electron chi connectivity index (χ3n) is 7.70. The highest BCUT2D eigenvalue weighted by Gasteiger charge is 2.67. The Morgan fingerprint density at radius 3 is 2.00 bits per heavy atom. The van der Waals surface area contributed by atoms with Crippen molar-refractivity contribution in [2.45, 2.75) is 13.3 Å². The minimum Gasteiger partial charge on any atom is -0.462 e. The molecule has 34 heavy (non-hydrogen) atoms. The lowest BCUT2D eigenvalue weighted by atomic mass is 9.63. The number of hydrogen-bond acceptors (Lipinski definition) is 5. The van der Waals surface area contributed by atoms with E-state index in [-0.39, 0.29) is 41.4 Å². The van der Waals surface area contributed by atoms with Crippen LogP contribution in [0.15, 0.2) is 60.7 Å². The van der Waals surface area contributed by atoms with Gasteiger partial charge in [-0.15, -0.1) is 0 Å². The first-order chi connectivity index (χ1) is 16.5. The molecule has 3 amide bonds. The number of allylic oxidation sites excluding steroid dienone is 2. The maximum absolute atomic E-state index is 13.2. The molecule has 1 aliphatic heterocycles. The van der Waals surface area contributed by atoms with E-state index in [2.05, 4.69) is 17.5 Å². The highest BCUT2D eigenvalue weighted by Crippen LogP contribution is 2.65. The van der Waals surface area contributed by atoms with Crippen molar-refractivity contribution in [3.63, 3.8) is 0 Å². The van der Waals surface area contributed by atoms with Gasteiger partial charge in [0.15, 0.2) is 0 Å². The van der Waals surface area contributed by atoms with Crippen LogP contribution >= 0.6 is 0 Å². The lowest BCUT2D eigenvalue weighted by molar-refractivity contribution is -0.124. The summed E-state index contributed by atoms with van der Waals surface area (Å²) in [6.45, 7) is 2.03. The largest absolute Gasteiger partial charge is 0.462 e. The molecule has 2 aromatic carbocycles. The molecule has 5 aliphatic rings. The number of ether oxygens (including phenoxy) is 1. The molecule has 0 spiro atoms. The standard InChI is InChI=1S/C27H24N2O5/c1-2-34-27(33)15-3-7-16(8-4-15)28-24(30)14-5-9-17(10-6-14)29-25(31)22-18-11-12-19(21-13-20(18)21)23(22)26(29)32/h3-12,18-23H,2,13H2,1H3,(H,28,30)/t18-,19-,20-,21-,22-,23+/m1/s1. The summed E-state index contributed by atoms with van der Waals surface area (Å²) in [6, 6.07) is 13.0. The van der Waals surface area contributed by atoms with Crippen LogP contribution in [-0.2, 0) is 14.3 Å². The Labute approximate surface area is 196 Å². The zero-order valence-corrected chi connectivity index (χ0v) is 18.6. The van der Waals surface area contributed by atoms with E-state index in [9.17, 15) is 19.2 Å². The number of benzene rings is 2. The summed E-state index contributed by atoms with van der Waals surface area (Å²) >= 11 is 0. The summed E-state index contributed by atoms with van der Waals surface area (Å²) in [5, 5.41) is 2.79. The van der Waals surface area contributed by atoms with Crippen molar-refractivity contribution in [3.8, 4) is 0 Å². The van der Waals surface area contributed by atoms with E-state index in [1.807, 2.05) is 0 Å². The molecule has 0 aromatic heterocycles. The third kappa shape index (κ3) is 3.10. The van der Waals surface area contributed by atoms with Crippen molar-refractivity contribution in [2.75, 3.05) is 16.8 Å². The van der Waals surface area contributed by atoms with E-state index in [0.717, 1.165) is 6.42 Å². The Kier molecular flexibility index (Phi) is 4.69. The highest BCUT2D eigenvalue weighted by atomic mass is 16.5. The summed E-state index contributed by atoms with van der Waals surface area (Å²) in [7, 11) is 0. The van der Waals surface area contributed by atoms with Crippen LogP contribution in [0.2, 0.25) is 0 Å². The molecule has 2 bridgehead atoms. The second-order valence-electron chi connectivity index (χ2n) is 9.47. The summed E-state index contributed by atoms with van der Waals surface area (Å²) in [5.41, 5.74) is 1.86. The number of anilines is 2. The number of esters is 1. The van der Waals surface area contributed by atoms with E-state index in [1.165, 1.54) is 4.90 Å². The lowest BCUT2D eigenvalue weighted by Gasteiger charge is -2.37. The van der Waals surface area contributed by atoms with Crippen molar-refractivity contribution in [1.82, 2.24) is 0 Å². The Bertz CT molecular complexity index is 1200. The van der Waals surface area contributed by atoms with Crippen LogP contribution in [0.25, 0.3) is 0 Å². The van der Waals surface area contributed by atoms with Crippen LogP contribution in [0.1, 0.15) is 34.1 Å². The van der Waals surface area contributed by atoms with Crippen LogP contribution in [0, 0.1) is 35.5 Å². The van der Waals surface area contributed by atoms with Gasteiger partial charge in [0.2, 0.25) is 11.8 Å². The predicted octanol–water partition coefficient (Wildman–Crippen LogP) is 3.67. The third-order valence-corrected chi connectivity index (χ3v) is 7.70. The van der Waals surface area contributed by atoms with Crippen LogP contribution < -0.4 is 10.2 Å². The Morgan fingerprint density at radius 1 is 0.882 bits per heavy atom. The number of imide groups is 1. The summed E-state index contributed by atoms with van der Waals surface area (Å²) in [4.78, 5) is 52.2. The summed E-state index contributed by atoms with van der Waals surface area (Å²) < 4.78 is 4.96. The van der Waals surface area contributed by atoms with E-state index < -0.39 is 5.97 Å². The van der Waals surface area contributed by atoms with Gasteiger partial charge in [0.05, 0.1) is 29.7 Å². The summed E-state index contributed by atoms with van der Waals surface area (Å²) in [5.74, 6) is 0.0307. The number of carbonyl (C=O) groups excluding carboxylic acids is 4. The minimum absolute atomic E-state index is 0.112. The van der Waals surface area contributed by atoms with Gasteiger partial charge in [-0.25, -0.2) is 4.79 Å². The zero-order valence-electron chi connectivity index (χ0n) is 18.6. The van der Waals surface area contributed by atoms with Crippen molar-refractivity contribution in [1.29, 1.82) is 0 Å². The van der Waals surface area contributed by atoms with Crippen LogP contribution in [0.3, 0.4) is 0 Å². The predicted molar refractivity (Wildman–Crippen MR) is 124 cm³/mol. The molecule has 4 aliphatic carbocycles. The average Bonchev–Trinajstić information content (AvgIpc) is 3.63. The normalized spacial score (nSPS) is 30.1. The fourth-order valence-corrected chi connectivity index (χ4v) is 6.08. The number of nitrogens with one attached hydrogen (secondary N) is 1.